The molecule has 3 aliphatic rings. The summed E-state index contributed by atoms with van der Waals surface area (Å²) in [7, 11) is 1.79. The largest absolute Gasteiger partial charge is 0.383 e. The van der Waals surface area contributed by atoms with E-state index in [1.807, 2.05) is 0 Å². The third kappa shape index (κ3) is 4.17. The Morgan fingerprint density at radius 2 is 2.29 bits per heavy atom. The summed E-state index contributed by atoms with van der Waals surface area (Å²) in [5, 5.41) is 7.61. The van der Waals surface area contributed by atoms with Gasteiger partial charge in [-0.05, 0) is 31.7 Å². The summed E-state index contributed by atoms with van der Waals surface area (Å²) >= 11 is 0. The Labute approximate surface area is 128 Å². The number of morpholine rings is 1. The van der Waals surface area contributed by atoms with E-state index in [9.17, 15) is 0 Å². The van der Waals surface area contributed by atoms with Crippen LogP contribution < -0.4 is 10.6 Å². The zero-order valence-corrected chi connectivity index (χ0v) is 13.4. The molecule has 4 atom stereocenters. The lowest BCUT2D eigenvalue weighted by Gasteiger charge is -2.34. The molecule has 0 bridgehead atoms. The molecule has 0 amide bonds. The van der Waals surface area contributed by atoms with Crippen LogP contribution in [0.1, 0.15) is 25.7 Å². The number of nitrogens with one attached hydrogen (secondary N) is 2. The lowest BCUT2D eigenvalue weighted by molar-refractivity contribution is 0.0517. The number of nitrogens with zero attached hydrogens (tertiary/aromatic N) is 1. The number of hydrogen-bond acceptors (Lipinski definition) is 5. The number of hydrogen-bond donors (Lipinski definition) is 2. The van der Waals surface area contributed by atoms with Gasteiger partial charge in [0.1, 0.15) is 0 Å². The molecule has 0 aromatic heterocycles. The highest BCUT2D eigenvalue weighted by Gasteiger charge is 2.36. The van der Waals surface area contributed by atoms with Gasteiger partial charge in [0, 0.05) is 44.9 Å². The van der Waals surface area contributed by atoms with E-state index in [0.717, 1.165) is 38.8 Å². The molecule has 0 aromatic carbocycles. The van der Waals surface area contributed by atoms with Crippen LogP contribution in [0.4, 0.5) is 0 Å². The van der Waals surface area contributed by atoms with E-state index < -0.39 is 0 Å². The van der Waals surface area contributed by atoms with Crippen molar-refractivity contribution in [1.29, 1.82) is 0 Å². The molecule has 5 heteroatoms. The van der Waals surface area contributed by atoms with E-state index in [1.54, 1.807) is 7.11 Å². The van der Waals surface area contributed by atoms with Crippen LogP contribution in [0.25, 0.3) is 0 Å². The molecule has 0 aromatic rings. The summed E-state index contributed by atoms with van der Waals surface area (Å²) in [6, 6.07) is 1.90. The highest BCUT2D eigenvalue weighted by atomic mass is 16.5. The number of rotatable bonds is 6. The van der Waals surface area contributed by atoms with Crippen molar-refractivity contribution in [3.63, 3.8) is 0 Å². The van der Waals surface area contributed by atoms with Gasteiger partial charge in [0.25, 0.3) is 0 Å². The zero-order chi connectivity index (χ0) is 14.5. The second-order valence-corrected chi connectivity index (χ2v) is 6.78. The van der Waals surface area contributed by atoms with E-state index in [2.05, 4.69) is 15.5 Å². The van der Waals surface area contributed by atoms with Gasteiger partial charge in [0.2, 0.25) is 0 Å². The second-order valence-electron chi connectivity index (χ2n) is 6.78. The van der Waals surface area contributed by atoms with Gasteiger partial charge in [0.15, 0.2) is 0 Å². The fraction of sp³-hybridized carbons (Fsp3) is 1.00. The Kier molecular flexibility index (Phi) is 5.89. The van der Waals surface area contributed by atoms with Crippen LogP contribution in [0.5, 0.6) is 0 Å². The highest BCUT2D eigenvalue weighted by Crippen LogP contribution is 2.30. The first kappa shape index (κ1) is 15.7. The van der Waals surface area contributed by atoms with Crippen molar-refractivity contribution in [2.45, 2.75) is 43.8 Å². The minimum absolute atomic E-state index is 0.560. The lowest BCUT2D eigenvalue weighted by Crippen LogP contribution is -2.52. The van der Waals surface area contributed by atoms with Gasteiger partial charge in [-0.15, -0.1) is 0 Å². The number of methoxy groups -OCH3 is 1. The summed E-state index contributed by atoms with van der Waals surface area (Å²) in [5.74, 6) is 0.748. The van der Waals surface area contributed by atoms with Gasteiger partial charge in [0.05, 0.1) is 19.8 Å². The Morgan fingerprint density at radius 3 is 3.10 bits per heavy atom. The van der Waals surface area contributed by atoms with Gasteiger partial charge in [-0.3, -0.25) is 4.90 Å². The molecule has 1 aliphatic carbocycles. The number of likely N-dealkylation sites (tertiary alicyclic amines) is 1. The van der Waals surface area contributed by atoms with Gasteiger partial charge in [-0.2, -0.15) is 0 Å². The SMILES string of the molecule is COCCN1CCC(NC2CCCC2C2COCCN2)C1. The molecule has 21 heavy (non-hydrogen) atoms. The van der Waals surface area contributed by atoms with E-state index in [0.29, 0.717) is 18.1 Å². The molecule has 2 N–H and O–H groups in total. The fourth-order valence-corrected chi connectivity index (χ4v) is 4.23. The summed E-state index contributed by atoms with van der Waals surface area (Å²) in [6.07, 6.45) is 5.32. The van der Waals surface area contributed by atoms with Crippen molar-refractivity contribution >= 4 is 0 Å². The Balaban J connectivity index is 1.45. The topological polar surface area (TPSA) is 45.8 Å². The van der Waals surface area contributed by atoms with Crippen molar-refractivity contribution in [3.8, 4) is 0 Å². The minimum atomic E-state index is 0.560. The monoisotopic (exact) mass is 297 g/mol. The maximum absolute atomic E-state index is 5.66. The fourth-order valence-electron chi connectivity index (χ4n) is 4.23. The Hall–Kier alpha value is -0.200. The van der Waals surface area contributed by atoms with Crippen LogP contribution >= 0.6 is 0 Å². The van der Waals surface area contributed by atoms with E-state index >= 15 is 0 Å². The van der Waals surface area contributed by atoms with Crippen LogP contribution in [0.15, 0.2) is 0 Å². The third-order valence-corrected chi connectivity index (χ3v) is 5.37. The third-order valence-electron chi connectivity index (χ3n) is 5.37. The smallest absolute Gasteiger partial charge is 0.0623 e. The van der Waals surface area contributed by atoms with Crippen molar-refractivity contribution in [3.05, 3.63) is 0 Å². The van der Waals surface area contributed by atoms with Gasteiger partial charge >= 0.3 is 0 Å². The molecule has 1 saturated carbocycles. The standard InChI is InChI=1S/C16H31N3O2/c1-20-10-8-19-7-5-13(11-19)18-15-4-2-3-14(15)16-12-21-9-6-17-16/h13-18H,2-12H2,1H3. The molecule has 3 fully saturated rings. The average molecular weight is 297 g/mol. The van der Waals surface area contributed by atoms with Crippen LogP contribution in [-0.2, 0) is 9.47 Å². The zero-order valence-electron chi connectivity index (χ0n) is 13.4. The van der Waals surface area contributed by atoms with Gasteiger partial charge < -0.3 is 20.1 Å². The Bertz CT molecular complexity index is 310. The molecule has 122 valence electrons. The van der Waals surface area contributed by atoms with Crippen LogP contribution in [0, 0.1) is 5.92 Å². The Morgan fingerprint density at radius 1 is 1.33 bits per heavy atom. The molecule has 5 nitrogen and oxygen atoms in total. The van der Waals surface area contributed by atoms with E-state index in [-0.39, 0.29) is 0 Å². The van der Waals surface area contributed by atoms with Crippen LogP contribution in [0.2, 0.25) is 0 Å². The van der Waals surface area contributed by atoms with Crippen LogP contribution in [-0.4, -0.2) is 76.1 Å². The predicted molar refractivity (Wildman–Crippen MR) is 83.6 cm³/mol. The molecular formula is C16H31N3O2. The average Bonchev–Trinajstić information content (AvgIpc) is 3.16. The first-order valence-corrected chi connectivity index (χ1v) is 8.65. The molecule has 3 rings (SSSR count). The molecule has 2 aliphatic heterocycles. The van der Waals surface area contributed by atoms with Gasteiger partial charge in [-0.1, -0.05) is 6.42 Å². The van der Waals surface area contributed by atoms with Crippen molar-refractivity contribution < 1.29 is 9.47 Å². The molecule has 0 spiro atoms. The van der Waals surface area contributed by atoms with E-state index in [4.69, 9.17) is 9.47 Å². The molecule has 2 saturated heterocycles. The molecule has 4 unspecified atom stereocenters. The van der Waals surface area contributed by atoms with Crippen LogP contribution in [0.3, 0.4) is 0 Å². The highest BCUT2D eigenvalue weighted by molar-refractivity contribution is 4.95. The molecule has 0 radical (unpaired) electrons. The molecular weight excluding hydrogens is 266 g/mol. The molecule has 2 heterocycles. The quantitative estimate of drug-likeness (QED) is 0.745. The predicted octanol–water partition coefficient (Wildman–Crippen LogP) is 0.454. The maximum atomic E-state index is 5.66. The first-order chi connectivity index (χ1) is 10.4. The van der Waals surface area contributed by atoms with Crippen molar-refractivity contribution in [1.82, 2.24) is 15.5 Å². The summed E-state index contributed by atoms with van der Waals surface area (Å²) < 4.78 is 10.8. The second kappa shape index (κ2) is 7.88. The summed E-state index contributed by atoms with van der Waals surface area (Å²) in [4.78, 5) is 2.52. The maximum Gasteiger partial charge on any atom is 0.0623 e. The number of ether oxygens (including phenoxy) is 2. The van der Waals surface area contributed by atoms with Crippen molar-refractivity contribution in [2.75, 3.05) is 53.1 Å². The lowest BCUT2D eigenvalue weighted by atomic mass is 9.93. The normalized spacial score (nSPS) is 38.1. The summed E-state index contributed by atoms with van der Waals surface area (Å²) in [5.41, 5.74) is 0. The van der Waals surface area contributed by atoms with E-state index in [1.165, 1.54) is 38.8 Å². The summed E-state index contributed by atoms with van der Waals surface area (Å²) in [6.45, 7) is 7.10. The van der Waals surface area contributed by atoms with Gasteiger partial charge in [-0.25, -0.2) is 0 Å². The minimum Gasteiger partial charge on any atom is -0.383 e. The van der Waals surface area contributed by atoms with Crippen molar-refractivity contribution in [2.24, 2.45) is 5.92 Å². The first-order valence-electron chi connectivity index (χ1n) is 8.65.